The first-order valence-corrected chi connectivity index (χ1v) is 8.12. The number of aryl methyl sites for hydroxylation is 1. The van der Waals surface area contributed by atoms with Gasteiger partial charge in [0.15, 0.2) is 0 Å². The van der Waals surface area contributed by atoms with Gasteiger partial charge in [-0.2, -0.15) is 10.2 Å². The second-order valence-electron chi connectivity index (χ2n) is 5.89. The maximum atomic E-state index is 3.94. The molecule has 5 heteroatoms. The quantitative estimate of drug-likeness (QED) is 0.433. The summed E-state index contributed by atoms with van der Waals surface area (Å²) in [7, 11) is 0. The van der Waals surface area contributed by atoms with E-state index in [4.69, 9.17) is 0 Å². The van der Waals surface area contributed by atoms with Crippen LogP contribution in [0.5, 0.6) is 0 Å². The Kier molecular flexibility index (Phi) is 5.42. The van der Waals surface area contributed by atoms with Gasteiger partial charge in [0.2, 0.25) is 0 Å². The predicted octanol–water partition coefficient (Wildman–Crippen LogP) is 4.02. The van der Waals surface area contributed by atoms with Crippen LogP contribution in [0.3, 0.4) is 0 Å². The molecule has 2 rings (SSSR count). The topological polar surface area (TPSA) is 48.8 Å². The SMILES string of the molecule is C=N/N=C(/C)CCNc1cc(SNC2(C)CC2)ccc1C. The Morgan fingerprint density at radius 1 is 1.43 bits per heavy atom. The predicted molar refractivity (Wildman–Crippen MR) is 93.6 cm³/mol. The van der Waals surface area contributed by atoms with E-state index in [-0.39, 0.29) is 0 Å². The van der Waals surface area contributed by atoms with Gasteiger partial charge in [-0.3, -0.25) is 4.72 Å². The highest BCUT2D eigenvalue weighted by Gasteiger charge is 2.36. The number of benzene rings is 1. The molecule has 0 atom stereocenters. The number of hydrogen-bond acceptors (Lipinski definition) is 5. The molecule has 0 radical (unpaired) electrons. The van der Waals surface area contributed by atoms with Crippen molar-refractivity contribution in [3.05, 3.63) is 23.8 Å². The lowest BCUT2D eigenvalue weighted by Crippen LogP contribution is -2.19. The van der Waals surface area contributed by atoms with Gasteiger partial charge in [0.25, 0.3) is 0 Å². The largest absolute Gasteiger partial charge is 0.384 e. The summed E-state index contributed by atoms with van der Waals surface area (Å²) < 4.78 is 3.54. The Labute approximate surface area is 131 Å². The molecule has 1 aliphatic rings. The van der Waals surface area contributed by atoms with Crippen molar-refractivity contribution in [1.82, 2.24) is 4.72 Å². The second-order valence-corrected chi connectivity index (χ2v) is 6.77. The molecule has 0 saturated heterocycles. The Balaban J connectivity index is 1.88. The van der Waals surface area contributed by atoms with Gasteiger partial charge >= 0.3 is 0 Å². The summed E-state index contributed by atoms with van der Waals surface area (Å²) in [6.07, 6.45) is 3.41. The summed E-state index contributed by atoms with van der Waals surface area (Å²) in [6, 6.07) is 6.53. The highest BCUT2D eigenvalue weighted by Crippen LogP contribution is 2.37. The molecule has 0 amide bonds. The fraction of sp³-hybridized carbons (Fsp3) is 0.500. The molecule has 0 unspecified atom stereocenters. The van der Waals surface area contributed by atoms with Gasteiger partial charge < -0.3 is 5.32 Å². The van der Waals surface area contributed by atoms with Crippen LogP contribution in [-0.4, -0.2) is 24.5 Å². The van der Waals surface area contributed by atoms with E-state index in [1.807, 2.05) is 6.92 Å². The van der Waals surface area contributed by atoms with Gasteiger partial charge in [0.1, 0.15) is 0 Å². The molecule has 0 heterocycles. The molecule has 1 saturated carbocycles. The van der Waals surface area contributed by atoms with Crippen LogP contribution in [0, 0.1) is 6.92 Å². The molecule has 114 valence electrons. The van der Waals surface area contributed by atoms with E-state index >= 15 is 0 Å². The maximum Gasteiger partial charge on any atom is 0.0392 e. The fourth-order valence-electron chi connectivity index (χ4n) is 1.88. The van der Waals surface area contributed by atoms with Crippen LogP contribution in [-0.2, 0) is 0 Å². The third-order valence-electron chi connectivity index (χ3n) is 3.67. The van der Waals surface area contributed by atoms with Crippen LogP contribution in [0.25, 0.3) is 0 Å². The minimum Gasteiger partial charge on any atom is -0.384 e. The zero-order chi connectivity index (χ0) is 15.3. The average molecular weight is 304 g/mol. The number of hydrogen-bond donors (Lipinski definition) is 2. The summed E-state index contributed by atoms with van der Waals surface area (Å²) >= 11 is 1.72. The minimum atomic E-state index is 0.342. The van der Waals surface area contributed by atoms with E-state index in [2.05, 4.69) is 59.0 Å². The molecule has 21 heavy (non-hydrogen) atoms. The van der Waals surface area contributed by atoms with Gasteiger partial charge in [0.05, 0.1) is 0 Å². The standard InChI is InChI=1S/C16H24N4S/c1-12-5-6-14(21-20-16(3)8-9-16)11-15(12)18-10-7-13(2)19-17-4/h5-6,11,18,20H,4,7-10H2,1-3H3/b19-13-. The number of nitrogens with zero attached hydrogens (tertiary/aromatic N) is 2. The molecule has 1 fully saturated rings. The van der Waals surface area contributed by atoms with E-state index in [0.717, 1.165) is 18.7 Å². The molecule has 1 aromatic carbocycles. The Hall–Kier alpha value is -1.33. The first-order chi connectivity index (χ1) is 10.0. The zero-order valence-electron chi connectivity index (χ0n) is 13.1. The van der Waals surface area contributed by atoms with Crippen molar-refractivity contribution in [2.45, 2.75) is 50.5 Å². The van der Waals surface area contributed by atoms with Crippen LogP contribution in [0.1, 0.15) is 38.7 Å². The van der Waals surface area contributed by atoms with Gasteiger partial charge in [0, 0.05) is 41.5 Å². The van der Waals surface area contributed by atoms with E-state index in [1.54, 1.807) is 11.9 Å². The lowest BCUT2D eigenvalue weighted by molar-refractivity contribution is 0.701. The summed E-state index contributed by atoms with van der Waals surface area (Å²) in [5.74, 6) is 0. The molecular formula is C16H24N4S. The molecule has 0 spiro atoms. The van der Waals surface area contributed by atoms with Crippen molar-refractivity contribution < 1.29 is 0 Å². The van der Waals surface area contributed by atoms with Crippen LogP contribution < -0.4 is 10.0 Å². The second kappa shape index (κ2) is 7.09. The van der Waals surface area contributed by atoms with Crippen molar-refractivity contribution in [2.75, 3.05) is 11.9 Å². The monoisotopic (exact) mass is 304 g/mol. The lowest BCUT2D eigenvalue weighted by Gasteiger charge is -2.13. The van der Waals surface area contributed by atoms with Gasteiger partial charge in [-0.1, -0.05) is 6.07 Å². The zero-order valence-corrected chi connectivity index (χ0v) is 13.9. The van der Waals surface area contributed by atoms with E-state index in [0.29, 0.717) is 5.54 Å². The van der Waals surface area contributed by atoms with Crippen LogP contribution in [0.15, 0.2) is 33.3 Å². The van der Waals surface area contributed by atoms with Crippen LogP contribution in [0.4, 0.5) is 5.69 Å². The van der Waals surface area contributed by atoms with E-state index in [1.165, 1.54) is 29.0 Å². The van der Waals surface area contributed by atoms with Crippen molar-refractivity contribution in [3.63, 3.8) is 0 Å². The van der Waals surface area contributed by atoms with Gasteiger partial charge in [-0.05, 0) is 63.3 Å². The molecular weight excluding hydrogens is 280 g/mol. The molecule has 4 nitrogen and oxygen atoms in total. The summed E-state index contributed by atoms with van der Waals surface area (Å²) in [5.41, 5.74) is 3.77. The van der Waals surface area contributed by atoms with Crippen LogP contribution >= 0.6 is 11.9 Å². The smallest absolute Gasteiger partial charge is 0.0392 e. The van der Waals surface area contributed by atoms with Crippen LogP contribution in [0.2, 0.25) is 0 Å². The van der Waals surface area contributed by atoms with Crippen molar-refractivity contribution in [1.29, 1.82) is 0 Å². The number of anilines is 1. The Morgan fingerprint density at radius 2 is 2.19 bits per heavy atom. The molecule has 1 aliphatic carbocycles. The third kappa shape index (κ3) is 5.17. The maximum absolute atomic E-state index is 3.94. The molecule has 0 bridgehead atoms. The number of rotatable bonds is 8. The van der Waals surface area contributed by atoms with Crippen molar-refractivity contribution in [3.8, 4) is 0 Å². The summed E-state index contributed by atoms with van der Waals surface area (Å²) in [5, 5.41) is 11.0. The highest BCUT2D eigenvalue weighted by molar-refractivity contribution is 7.97. The first kappa shape index (κ1) is 16.0. The fourth-order valence-corrected chi connectivity index (χ4v) is 2.76. The lowest BCUT2D eigenvalue weighted by atomic mass is 10.2. The first-order valence-electron chi connectivity index (χ1n) is 7.30. The van der Waals surface area contributed by atoms with Crippen molar-refractivity contribution in [2.24, 2.45) is 10.2 Å². The summed E-state index contributed by atoms with van der Waals surface area (Å²) in [4.78, 5) is 1.24. The van der Waals surface area contributed by atoms with E-state index in [9.17, 15) is 0 Å². The highest BCUT2D eigenvalue weighted by atomic mass is 32.2. The average Bonchev–Trinajstić information content (AvgIpc) is 3.18. The molecule has 0 aromatic heterocycles. The Bertz CT molecular complexity index is 535. The van der Waals surface area contributed by atoms with E-state index < -0.39 is 0 Å². The molecule has 1 aromatic rings. The van der Waals surface area contributed by atoms with Crippen molar-refractivity contribution >= 4 is 30.1 Å². The molecule has 2 N–H and O–H groups in total. The normalized spacial score (nSPS) is 16.6. The minimum absolute atomic E-state index is 0.342. The Morgan fingerprint density at radius 3 is 2.86 bits per heavy atom. The molecule has 0 aliphatic heterocycles. The van der Waals surface area contributed by atoms with Gasteiger partial charge in [-0.15, -0.1) is 0 Å². The number of nitrogens with one attached hydrogen (secondary N) is 2. The third-order valence-corrected chi connectivity index (χ3v) is 4.75. The summed E-state index contributed by atoms with van der Waals surface area (Å²) in [6.45, 7) is 10.6. The van der Waals surface area contributed by atoms with Gasteiger partial charge in [-0.25, -0.2) is 0 Å².